The average molecular weight is 310 g/mol. The van der Waals surface area contributed by atoms with Crippen LogP contribution in [0.4, 0.5) is 0 Å². The van der Waals surface area contributed by atoms with Gasteiger partial charge in [-0.25, -0.2) is 9.78 Å². The van der Waals surface area contributed by atoms with Gasteiger partial charge in [0.05, 0.1) is 6.20 Å². The third kappa shape index (κ3) is 2.80. The quantitative estimate of drug-likeness (QED) is 0.889. The number of carbonyl (C=O) groups excluding carboxylic acids is 1. The molecule has 6 nitrogen and oxygen atoms in total. The largest absolute Gasteiger partial charge is 0.480 e. The predicted molar refractivity (Wildman–Crippen MR) is 76.3 cm³/mol. The summed E-state index contributed by atoms with van der Waals surface area (Å²) in [5.74, 6) is -1.29. The van der Waals surface area contributed by atoms with Crippen molar-refractivity contribution in [1.82, 2.24) is 10.3 Å². The van der Waals surface area contributed by atoms with Gasteiger partial charge < -0.3 is 15.2 Å². The first-order valence-corrected chi connectivity index (χ1v) is 8.06. The molecular weight excluding hydrogens is 292 g/mol. The van der Waals surface area contributed by atoms with Crippen LogP contribution >= 0.6 is 11.3 Å². The zero-order valence-electron chi connectivity index (χ0n) is 11.6. The van der Waals surface area contributed by atoms with Crippen LogP contribution in [0, 0.1) is 0 Å². The van der Waals surface area contributed by atoms with E-state index < -0.39 is 11.5 Å². The second-order valence-electron chi connectivity index (χ2n) is 5.61. The maximum absolute atomic E-state index is 12.3. The van der Waals surface area contributed by atoms with Crippen molar-refractivity contribution < 1.29 is 19.4 Å². The Morgan fingerprint density at radius 3 is 2.76 bits per heavy atom. The number of thiazole rings is 1. The number of ether oxygens (including phenoxy) is 1. The molecule has 0 bridgehead atoms. The molecule has 3 rings (SSSR count). The van der Waals surface area contributed by atoms with Gasteiger partial charge in [0.15, 0.2) is 0 Å². The number of rotatable bonds is 4. The summed E-state index contributed by atoms with van der Waals surface area (Å²) in [6.45, 7) is 0.730. The van der Waals surface area contributed by atoms with Crippen LogP contribution in [0.15, 0.2) is 6.20 Å². The fourth-order valence-electron chi connectivity index (χ4n) is 2.96. The highest BCUT2D eigenvalue weighted by Gasteiger charge is 2.43. The highest BCUT2D eigenvalue weighted by Crippen LogP contribution is 2.33. The molecule has 1 aromatic rings. The summed E-state index contributed by atoms with van der Waals surface area (Å²) in [6, 6.07) is 0. The van der Waals surface area contributed by atoms with Crippen LogP contribution in [0.5, 0.6) is 0 Å². The van der Waals surface area contributed by atoms with E-state index in [-0.39, 0.29) is 12.0 Å². The number of aromatic nitrogens is 1. The van der Waals surface area contributed by atoms with E-state index in [0.717, 1.165) is 37.3 Å². The van der Waals surface area contributed by atoms with E-state index in [2.05, 4.69) is 10.3 Å². The minimum absolute atomic E-state index is 0.0172. The standard InChI is InChI=1S/C14H18N2O4S/c17-11(16-14(13(18)19)5-1-2-6-14)10-8-15-12(21-10)9-4-3-7-20-9/h8-9H,1-7H2,(H,16,17)(H,18,19). The molecule has 1 saturated carbocycles. The third-order valence-corrected chi connectivity index (χ3v) is 5.26. The molecule has 2 fully saturated rings. The summed E-state index contributed by atoms with van der Waals surface area (Å²) in [4.78, 5) is 28.4. The molecule has 21 heavy (non-hydrogen) atoms. The molecule has 2 aliphatic rings. The highest BCUT2D eigenvalue weighted by molar-refractivity contribution is 7.13. The normalized spacial score (nSPS) is 24.1. The van der Waals surface area contributed by atoms with Crippen molar-refractivity contribution in [2.75, 3.05) is 6.61 Å². The number of nitrogens with zero attached hydrogens (tertiary/aromatic N) is 1. The molecule has 1 unspecified atom stereocenters. The molecular formula is C14H18N2O4S. The van der Waals surface area contributed by atoms with Gasteiger partial charge in [0.1, 0.15) is 21.5 Å². The van der Waals surface area contributed by atoms with Crippen LogP contribution < -0.4 is 5.32 Å². The van der Waals surface area contributed by atoms with Gasteiger partial charge in [-0.15, -0.1) is 11.3 Å². The lowest BCUT2D eigenvalue weighted by Crippen LogP contribution is -2.52. The van der Waals surface area contributed by atoms with Crippen molar-refractivity contribution in [2.24, 2.45) is 0 Å². The van der Waals surface area contributed by atoms with Gasteiger partial charge in [-0.05, 0) is 25.7 Å². The van der Waals surface area contributed by atoms with E-state index >= 15 is 0 Å². The molecule has 1 aromatic heterocycles. The fourth-order valence-corrected chi connectivity index (χ4v) is 3.86. The van der Waals surface area contributed by atoms with Crippen LogP contribution in [-0.4, -0.2) is 34.1 Å². The number of amides is 1. The zero-order chi connectivity index (χ0) is 14.9. The molecule has 114 valence electrons. The van der Waals surface area contributed by atoms with Gasteiger partial charge in [-0.3, -0.25) is 4.79 Å². The summed E-state index contributed by atoms with van der Waals surface area (Å²) < 4.78 is 5.55. The Kier molecular flexibility index (Phi) is 3.95. The van der Waals surface area contributed by atoms with Crippen molar-refractivity contribution in [3.05, 3.63) is 16.1 Å². The number of aliphatic carboxylic acids is 1. The van der Waals surface area contributed by atoms with Crippen LogP contribution in [0.3, 0.4) is 0 Å². The number of carbonyl (C=O) groups is 2. The van der Waals surface area contributed by atoms with Gasteiger partial charge in [-0.2, -0.15) is 0 Å². The molecule has 1 aliphatic heterocycles. The first-order valence-electron chi connectivity index (χ1n) is 7.24. The summed E-state index contributed by atoms with van der Waals surface area (Å²) >= 11 is 1.29. The van der Waals surface area contributed by atoms with Crippen LogP contribution in [-0.2, 0) is 9.53 Å². The summed E-state index contributed by atoms with van der Waals surface area (Å²) in [7, 11) is 0. The summed E-state index contributed by atoms with van der Waals surface area (Å²) in [6.07, 6.45) is 6.07. The van der Waals surface area contributed by atoms with E-state index in [1.807, 2.05) is 0 Å². The van der Waals surface area contributed by atoms with Gasteiger partial charge in [0.25, 0.3) is 5.91 Å². The molecule has 1 atom stereocenters. The molecule has 1 saturated heterocycles. The SMILES string of the molecule is O=C(NC1(C(=O)O)CCCC1)c1cnc(C2CCCO2)s1. The van der Waals surface area contributed by atoms with E-state index in [1.54, 1.807) is 0 Å². The van der Waals surface area contributed by atoms with E-state index in [1.165, 1.54) is 17.5 Å². The van der Waals surface area contributed by atoms with Crippen molar-refractivity contribution in [3.63, 3.8) is 0 Å². The minimum Gasteiger partial charge on any atom is -0.480 e. The molecule has 1 amide bonds. The second-order valence-corrected chi connectivity index (χ2v) is 6.68. The lowest BCUT2D eigenvalue weighted by molar-refractivity contribution is -0.144. The fraction of sp³-hybridized carbons (Fsp3) is 0.643. The Hall–Kier alpha value is -1.47. The number of nitrogens with one attached hydrogen (secondary N) is 1. The van der Waals surface area contributed by atoms with E-state index in [9.17, 15) is 14.7 Å². The van der Waals surface area contributed by atoms with Crippen molar-refractivity contribution >= 4 is 23.2 Å². The third-order valence-electron chi connectivity index (χ3n) is 4.17. The first-order chi connectivity index (χ1) is 10.1. The molecule has 0 aromatic carbocycles. The smallest absolute Gasteiger partial charge is 0.329 e. The number of carboxylic acids is 1. The van der Waals surface area contributed by atoms with Crippen LogP contribution in [0.25, 0.3) is 0 Å². The van der Waals surface area contributed by atoms with E-state index in [4.69, 9.17) is 4.74 Å². The van der Waals surface area contributed by atoms with Gasteiger partial charge >= 0.3 is 5.97 Å². The second kappa shape index (κ2) is 5.73. The molecule has 7 heteroatoms. The number of carboxylic acid groups (broad SMARTS) is 1. The Balaban J connectivity index is 1.71. The lowest BCUT2D eigenvalue weighted by Gasteiger charge is -2.24. The maximum Gasteiger partial charge on any atom is 0.329 e. The monoisotopic (exact) mass is 310 g/mol. The zero-order valence-corrected chi connectivity index (χ0v) is 12.4. The number of hydrogen-bond acceptors (Lipinski definition) is 5. The summed E-state index contributed by atoms with van der Waals surface area (Å²) in [5, 5.41) is 12.9. The van der Waals surface area contributed by atoms with Gasteiger partial charge in [-0.1, -0.05) is 12.8 Å². The minimum atomic E-state index is -1.11. The molecule has 1 aliphatic carbocycles. The van der Waals surface area contributed by atoms with Crippen LogP contribution in [0.2, 0.25) is 0 Å². The molecule has 0 spiro atoms. The first kappa shape index (κ1) is 14.5. The van der Waals surface area contributed by atoms with Crippen molar-refractivity contribution in [1.29, 1.82) is 0 Å². The molecule has 2 heterocycles. The van der Waals surface area contributed by atoms with Gasteiger partial charge in [0.2, 0.25) is 0 Å². The van der Waals surface area contributed by atoms with Crippen molar-refractivity contribution in [2.45, 2.75) is 50.2 Å². The number of hydrogen-bond donors (Lipinski definition) is 2. The predicted octanol–water partition coefficient (Wildman–Crippen LogP) is 2.12. The average Bonchev–Trinajstić information content (AvgIpc) is 3.20. The molecule has 0 radical (unpaired) electrons. The summed E-state index contributed by atoms with van der Waals surface area (Å²) in [5.41, 5.74) is -1.11. The Labute approximate surface area is 126 Å². The van der Waals surface area contributed by atoms with Crippen molar-refractivity contribution in [3.8, 4) is 0 Å². The Morgan fingerprint density at radius 1 is 1.38 bits per heavy atom. The highest BCUT2D eigenvalue weighted by atomic mass is 32.1. The lowest BCUT2D eigenvalue weighted by atomic mass is 9.98. The Morgan fingerprint density at radius 2 is 2.14 bits per heavy atom. The van der Waals surface area contributed by atoms with Crippen LogP contribution in [0.1, 0.15) is 59.3 Å². The van der Waals surface area contributed by atoms with Gasteiger partial charge in [0, 0.05) is 6.61 Å². The van der Waals surface area contributed by atoms with E-state index in [0.29, 0.717) is 17.7 Å². The maximum atomic E-state index is 12.3. The molecule has 2 N–H and O–H groups in total. The topological polar surface area (TPSA) is 88.5 Å². The Bertz CT molecular complexity index is 545.